The van der Waals surface area contributed by atoms with Gasteiger partial charge in [0, 0.05) is 51.8 Å². The van der Waals surface area contributed by atoms with Crippen molar-refractivity contribution in [2.24, 2.45) is 4.99 Å². The second-order valence-corrected chi connectivity index (χ2v) is 8.18. The highest BCUT2D eigenvalue weighted by atomic mass is 15.3. The van der Waals surface area contributed by atoms with E-state index in [2.05, 4.69) is 67.0 Å². The van der Waals surface area contributed by atoms with Crippen molar-refractivity contribution in [3.63, 3.8) is 0 Å². The molecule has 0 saturated carbocycles. The molecule has 0 amide bonds. The summed E-state index contributed by atoms with van der Waals surface area (Å²) in [5, 5.41) is 11.2. The number of aromatic nitrogens is 3. The van der Waals surface area contributed by atoms with Crippen molar-refractivity contribution in [2.75, 3.05) is 25.0 Å². The molecule has 168 valence electrons. The Morgan fingerprint density at radius 3 is 2.47 bits per heavy atom. The second kappa shape index (κ2) is 11.3. The summed E-state index contributed by atoms with van der Waals surface area (Å²) in [5.74, 6) is 1.87. The van der Waals surface area contributed by atoms with Gasteiger partial charge in [-0.05, 0) is 47.7 Å². The molecule has 1 aliphatic heterocycles. The molecule has 0 atom stereocenters. The molecule has 7 nitrogen and oxygen atoms in total. The Balaban J connectivity index is 1.33. The Hall–Kier alpha value is -3.35. The molecule has 32 heavy (non-hydrogen) atoms. The predicted molar refractivity (Wildman–Crippen MR) is 130 cm³/mol. The molecule has 0 bridgehead atoms. The van der Waals surface area contributed by atoms with Crippen molar-refractivity contribution in [1.29, 1.82) is 0 Å². The molecule has 1 saturated heterocycles. The lowest BCUT2D eigenvalue weighted by Crippen LogP contribution is -2.36. The minimum atomic E-state index is 0.701. The van der Waals surface area contributed by atoms with Crippen molar-refractivity contribution in [3.05, 3.63) is 77.7 Å². The Morgan fingerprint density at radius 1 is 0.938 bits per heavy atom. The van der Waals surface area contributed by atoms with Crippen molar-refractivity contribution < 1.29 is 0 Å². The van der Waals surface area contributed by atoms with Gasteiger partial charge in [0.1, 0.15) is 5.82 Å². The quantitative estimate of drug-likeness (QED) is 0.442. The van der Waals surface area contributed by atoms with E-state index >= 15 is 0 Å². The van der Waals surface area contributed by atoms with E-state index in [1.807, 2.05) is 29.3 Å². The second-order valence-electron chi connectivity index (χ2n) is 8.18. The van der Waals surface area contributed by atoms with Gasteiger partial charge in [-0.25, -0.2) is 4.98 Å². The maximum absolute atomic E-state index is 4.61. The first-order chi connectivity index (χ1) is 15.8. The molecule has 3 heterocycles. The fraction of sp³-hybridized carbons (Fsp3) is 0.400. The minimum absolute atomic E-state index is 0.701. The zero-order valence-electron chi connectivity index (χ0n) is 18.9. The first kappa shape index (κ1) is 21.9. The van der Waals surface area contributed by atoms with Crippen molar-refractivity contribution in [2.45, 2.75) is 45.3 Å². The maximum Gasteiger partial charge on any atom is 0.191 e. The van der Waals surface area contributed by atoms with Crippen molar-refractivity contribution >= 4 is 11.8 Å². The van der Waals surface area contributed by atoms with Crippen molar-refractivity contribution in [1.82, 2.24) is 25.4 Å². The number of aliphatic imine (C=N–C) groups is 1. The van der Waals surface area contributed by atoms with Crippen LogP contribution in [0, 0.1) is 0 Å². The van der Waals surface area contributed by atoms with Crippen LogP contribution in [0.5, 0.6) is 0 Å². The summed E-state index contributed by atoms with van der Waals surface area (Å²) in [5.41, 5.74) is 3.69. The first-order valence-electron chi connectivity index (χ1n) is 11.5. The first-order valence-corrected chi connectivity index (χ1v) is 11.5. The fourth-order valence-electron chi connectivity index (χ4n) is 4.08. The molecule has 0 unspecified atom stereocenters. The Morgan fingerprint density at radius 2 is 1.72 bits per heavy atom. The zero-order valence-corrected chi connectivity index (χ0v) is 18.9. The van der Waals surface area contributed by atoms with E-state index in [1.54, 1.807) is 7.05 Å². The molecule has 1 aliphatic rings. The van der Waals surface area contributed by atoms with E-state index in [9.17, 15) is 0 Å². The van der Waals surface area contributed by atoms with Crippen molar-refractivity contribution in [3.8, 4) is 0 Å². The summed E-state index contributed by atoms with van der Waals surface area (Å²) in [6, 6.07) is 14.7. The van der Waals surface area contributed by atoms with Crippen LogP contribution in [-0.2, 0) is 19.6 Å². The predicted octanol–water partition coefficient (Wildman–Crippen LogP) is 3.57. The zero-order chi connectivity index (χ0) is 22.0. The molecule has 2 N–H and O–H groups in total. The number of pyridine rings is 1. The Labute approximate surface area is 190 Å². The number of anilines is 1. The highest BCUT2D eigenvalue weighted by molar-refractivity contribution is 5.79. The summed E-state index contributed by atoms with van der Waals surface area (Å²) >= 11 is 0. The van der Waals surface area contributed by atoms with Gasteiger partial charge in [0.25, 0.3) is 0 Å². The third-order valence-electron chi connectivity index (χ3n) is 5.88. The molecular weight excluding hydrogens is 398 g/mol. The van der Waals surface area contributed by atoms with Gasteiger partial charge in [-0.15, -0.1) is 0 Å². The lowest BCUT2D eigenvalue weighted by atomic mass is 10.1. The number of nitrogens with zero attached hydrogens (tertiary/aromatic N) is 5. The highest BCUT2D eigenvalue weighted by Gasteiger charge is 2.11. The SMILES string of the molecule is CN=C(NCc1ccnc(N2CCCCCC2)c1)NCc1ccccc1Cn1cccn1. The molecule has 0 spiro atoms. The topological polar surface area (TPSA) is 70.4 Å². The van der Waals surface area contributed by atoms with Crippen LogP contribution in [-0.4, -0.2) is 40.9 Å². The third-order valence-corrected chi connectivity index (χ3v) is 5.88. The van der Waals surface area contributed by atoms with Crippen LogP contribution in [0.25, 0.3) is 0 Å². The summed E-state index contributed by atoms with van der Waals surface area (Å²) in [6.07, 6.45) is 10.9. The molecule has 1 aromatic carbocycles. The minimum Gasteiger partial charge on any atom is -0.357 e. The van der Waals surface area contributed by atoms with Crippen LogP contribution >= 0.6 is 0 Å². The monoisotopic (exact) mass is 431 g/mol. The van der Waals surface area contributed by atoms with Crippen LogP contribution in [0.4, 0.5) is 5.82 Å². The van der Waals surface area contributed by atoms with Gasteiger partial charge in [-0.3, -0.25) is 9.67 Å². The highest BCUT2D eigenvalue weighted by Crippen LogP contribution is 2.18. The molecule has 0 radical (unpaired) electrons. The summed E-state index contributed by atoms with van der Waals surface area (Å²) in [4.78, 5) is 11.4. The molecule has 2 aromatic heterocycles. The van der Waals surface area contributed by atoms with Crippen LogP contribution in [0.3, 0.4) is 0 Å². The number of hydrogen-bond donors (Lipinski definition) is 2. The van der Waals surface area contributed by atoms with Gasteiger partial charge in [0.05, 0.1) is 6.54 Å². The largest absolute Gasteiger partial charge is 0.357 e. The number of nitrogens with one attached hydrogen (secondary N) is 2. The molecular formula is C25H33N7. The number of guanidine groups is 1. The van der Waals surface area contributed by atoms with Gasteiger partial charge in [-0.1, -0.05) is 37.1 Å². The normalized spacial score (nSPS) is 14.8. The van der Waals surface area contributed by atoms with Gasteiger partial charge < -0.3 is 15.5 Å². The number of benzene rings is 1. The van der Waals surface area contributed by atoms with Gasteiger partial charge in [0.15, 0.2) is 5.96 Å². The summed E-state index contributed by atoms with van der Waals surface area (Å²) in [6.45, 7) is 4.37. The smallest absolute Gasteiger partial charge is 0.191 e. The van der Waals surface area contributed by atoms with Gasteiger partial charge in [0.2, 0.25) is 0 Å². The van der Waals surface area contributed by atoms with E-state index in [0.717, 1.165) is 31.4 Å². The Kier molecular flexibility index (Phi) is 7.74. The third kappa shape index (κ3) is 6.09. The van der Waals surface area contributed by atoms with Gasteiger partial charge in [-0.2, -0.15) is 5.10 Å². The van der Waals surface area contributed by atoms with E-state index in [4.69, 9.17) is 0 Å². The molecule has 4 rings (SSSR count). The number of rotatable bonds is 7. The lowest BCUT2D eigenvalue weighted by molar-refractivity contribution is 0.677. The van der Waals surface area contributed by atoms with Crippen LogP contribution in [0.15, 0.2) is 66.0 Å². The average Bonchev–Trinajstić information content (AvgIpc) is 3.19. The standard InChI is InChI=1S/C25H33N7/c1-26-25(29-19-22-9-4-5-10-23(22)20-32-16-8-12-30-32)28-18-21-11-13-27-24(17-21)31-14-6-2-3-7-15-31/h4-5,8-13,16-17H,2-3,6-7,14-15,18-20H2,1H3,(H2,26,28,29). The van der Waals surface area contributed by atoms with E-state index in [1.165, 1.54) is 42.4 Å². The Bertz CT molecular complexity index is 989. The molecule has 1 fully saturated rings. The summed E-state index contributed by atoms with van der Waals surface area (Å²) < 4.78 is 1.94. The molecule has 0 aliphatic carbocycles. The van der Waals surface area contributed by atoms with E-state index < -0.39 is 0 Å². The maximum atomic E-state index is 4.61. The van der Waals surface area contributed by atoms with E-state index in [-0.39, 0.29) is 0 Å². The lowest BCUT2D eigenvalue weighted by Gasteiger charge is -2.22. The van der Waals surface area contributed by atoms with Crippen LogP contribution in [0.2, 0.25) is 0 Å². The van der Waals surface area contributed by atoms with Crippen LogP contribution < -0.4 is 15.5 Å². The fourth-order valence-corrected chi connectivity index (χ4v) is 4.08. The van der Waals surface area contributed by atoms with Gasteiger partial charge >= 0.3 is 0 Å². The molecule has 3 aromatic rings. The number of hydrogen-bond acceptors (Lipinski definition) is 4. The summed E-state index contributed by atoms with van der Waals surface area (Å²) in [7, 11) is 1.81. The van der Waals surface area contributed by atoms with E-state index in [0.29, 0.717) is 13.1 Å². The van der Waals surface area contributed by atoms with Crippen LogP contribution in [0.1, 0.15) is 42.4 Å². The average molecular weight is 432 g/mol. The molecule has 7 heteroatoms.